The number of amides is 2. The zero-order valence-corrected chi connectivity index (χ0v) is 12.8. The van der Waals surface area contributed by atoms with Crippen LogP contribution in [0, 0.1) is 11.8 Å². The van der Waals surface area contributed by atoms with Crippen LogP contribution in [0.4, 0.5) is 23.7 Å². The summed E-state index contributed by atoms with van der Waals surface area (Å²) >= 11 is 0. The van der Waals surface area contributed by atoms with E-state index in [1.54, 1.807) is 31.2 Å². The van der Waals surface area contributed by atoms with Gasteiger partial charge in [0.15, 0.2) is 0 Å². The Balaban J connectivity index is 2.12. The number of rotatable bonds is 4. The highest BCUT2D eigenvalue weighted by Gasteiger charge is 2.53. The first-order chi connectivity index (χ1) is 11.2. The molecule has 2 N–H and O–H groups in total. The molecule has 1 aliphatic rings. The molecule has 2 atom stereocenters. The highest BCUT2D eigenvalue weighted by atomic mass is 19.4. The molecule has 1 aromatic carbocycles. The maximum Gasteiger partial charge on any atom is 0.394 e. The molecule has 9 heteroatoms. The van der Waals surface area contributed by atoms with Crippen molar-refractivity contribution in [1.29, 1.82) is 0 Å². The largest absolute Gasteiger partial charge is 0.492 e. The summed E-state index contributed by atoms with van der Waals surface area (Å²) < 4.78 is 44.2. The average Bonchev–Trinajstić information content (AvgIpc) is 2.95. The first-order valence-electron chi connectivity index (χ1n) is 7.31. The standard InChI is InChI=1S/C15H17F3N2O4/c1-2-24-12-6-4-3-5-11(12)19-14(23)20-7-9(13(21)22)10(8-20)15(16,17)18/h3-6,9-10H,2,7-8H2,1H3,(H,19,23)(H,21,22)/t9-,10-/m1/s1. The van der Waals surface area contributed by atoms with Crippen LogP contribution in [0.1, 0.15) is 6.92 Å². The SMILES string of the molecule is CCOc1ccccc1NC(=O)N1C[C@@H](C(F)(F)F)[C@H](C(=O)O)C1. The minimum Gasteiger partial charge on any atom is -0.492 e. The molecule has 6 nitrogen and oxygen atoms in total. The van der Waals surface area contributed by atoms with E-state index in [2.05, 4.69) is 5.32 Å². The maximum absolute atomic E-state index is 13.0. The number of alkyl halides is 3. The van der Waals surface area contributed by atoms with Crippen LogP contribution >= 0.6 is 0 Å². The number of aliphatic carboxylic acids is 1. The average molecular weight is 346 g/mol. The number of carboxylic acids is 1. The summed E-state index contributed by atoms with van der Waals surface area (Å²) in [6, 6.07) is 5.70. The number of carboxylic acid groups (broad SMARTS) is 1. The fourth-order valence-corrected chi connectivity index (χ4v) is 2.60. The molecule has 0 aliphatic carbocycles. The van der Waals surface area contributed by atoms with Crippen molar-refractivity contribution >= 4 is 17.7 Å². The second-order valence-corrected chi connectivity index (χ2v) is 5.36. The third kappa shape index (κ3) is 3.90. The zero-order valence-electron chi connectivity index (χ0n) is 12.8. The lowest BCUT2D eigenvalue weighted by Crippen LogP contribution is -2.35. The van der Waals surface area contributed by atoms with Gasteiger partial charge in [-0.2, -0.15) is 13.2 Å². The quantitative estimate of drug-likeness (QED) is 0.879. The van der Waals surface area contributed by atoms with E-state index in [1.165, 1.54) is 0 Å². The van der Waals surface area contributed by atoms with Gasteiger partial charge in [-0.25, -0.2) is 4.79 Å². The number of halogens is 3. The third-order valence-corrected chi connectivity index (χ3v) is 3.77. The van der Waals surface area contributed by atoms with Gasteiger partial charge in [-0.05, 0) is 19.1 Å². The summed E-state index contributed by atoms with van der Waals surface area (Å²) in [5, 5.41) is 11.4. The summed E-state index contributed by atoms with van der Waals surface area (Å²) in [7, 11) is 0. The predicted octanol–water partition coefficient (Wildman–Crippen LogP) is 2.81. The van der Waals surface area contributed by atoms with Crippen LogP contribution in [0.2, 0.25) is 0 Å². The van der Waals surface area contributed by atoms with Gasteiger partial charge in [-0.1, -0.05) is 12.1 Å². The van der Waals surface area contributed by atoms with Crippen molar-refractivity contribution in [2.24, 2.45) is 11.8 Å². The molecule has 1 heterocycles. The number of nitrogens with one attached hydrogen (secondary N) is 1. The van der Waals surface area contributed by atoms with Crippen LogP contribution in [0.25, 0.3) is 0 Å². The molecule has 2 amide bonds. The third-order valence-electron chi connectivity index (χ3n) is 3.77. The molecule has 132 valence electrons. The predicted molar refractivity (Wildman–Crippen MR) is 78.9 cm³/mol. The number of benzene rings is 1. The smallest absolute Gasteiger partial charge is 0.394 e. The Hall–Kier alpha value is -2.45. The Morgan fingerprint density at radius 2 is 2.00 bits per heavy atom. The van der Waals surface area contributed by atoms with Crippen LogP contribution in [0.3, 0.4) is 0 Å². The minimum atomic E-state index is -4.68. The van der Waals surface area contributed by atoms with Crippen LogP contribution in [-0.4, -0.2) is 47.9 Å². The Bertz CT molecular complexity index is 621. The number of urea groups is 1. The van der Waals surface area contributed by atoms with E-state index >= 15 is 0 Å². The summed E-state index contributed by atoms with van der Waals surface area (Å²) in [5.41, 5.74) is 0.312. The van der Waals surface area contributed by atoms with Gasteiger partial charge < -0.3 is 20.1 Å². The number of anilines is 1. The number of carbonyl (C=O) groups is 2. The normalized spacial score (nSPS) is 20.8. The Labute approximate surface area is 136 Å². The van der Waals surface area contributed by atoms with Crippen molar-refractivity contribution in [3.05, 3.63) is 24.3 Å². The minimum absolute atomic E-state index is 0.312. The lowest BCUT2D eigenvalue weighted by atomic mass is 9.96. The lowest BCUT2D eigenvalue weighted by Gasteiger charge is -2.19. The van der Waals surface area contributed by atoms with Gasteiger partial charge in [0, 0.05) is 13.1 Å². The molecule has 0 saturated carbocycles. The van der Waals surface area contributed by atoms with E-state index < -0.39 is 43.1 Å². The molecule has 0 aromatic heterocycles. The molecule has 0 radical (unpaired) electrons. The molecular formula is C15H17F3N2O4. The number of hydrogen-bond acceptors (Lipinski definition) is 3. The number of nitrogens with zero attached hydrogens (tertiary/aromatic N) is 1. The van der Waals surface area contributed by atoms with Crippen molar-refractivity contribution in [3.8, 4) is 5.75 Å². The van der Waals surface area contributed by atoms with Gasteiger partial charge >= 0.3 is 18.2 Å². The second-order valence-electron chi connectivity index (χ2n) is 5.36. The molecule has 0 bridgehead atoms. The monoisotopic (exact) mass is 346 g/mol. The van der Waals surface area contributed by atoms with Gasteiger partial charge in [-0.3, -0.25) is 4.79 Å². The van der Waals surface area contributed by atoms with Gasteiger partial charge in [0.2, 0.25) is 0 Å². The van der Waals surface area contributed by atoms with Crippen LogP contribution < -0.4 is 10.1 Å². The number of para-hydroxylation sites is 2. The number of ether oxygens (including phenoxy) is 1. The molecule has 2 rings (SSSR count). The van der Waals surface area contributed by atoms with Crippen LogP contribution in [-0.2, 0) is 4.79 Å². The summed E-state index contributed by atoms with van der Waals surface area (Å²) in [6.07, 6.45) is -4.68. The van der Waals surface area contributed by atoms with E-state index in [1.807, 2.05) is 0 Å². The second kappa shape index (κ2) is 6.98. The maximum atomic E-state index is 13.0. The Kier molecular flexibility index (Phi) is 5.20. The van der Waals surface area contributed by atoms with Crippen LogP contribution in [0.5, 0.6) is 5.75 Å². The molecule has 0 spiro atoms. The van der Waals surface area contributed by atoms with Crippen molar-refractivity contribution in [1.82, 2.24) is 4.90 Å². The fourth-order valence-electron chi connectivity index (χ4n) is 2.60. The van der Waals surface area contributed by atoms with Gasteiger partial charge in [0.25, 0.3) is 0 Å². The van der Waals surface area contributed by atoms with E-state index in [-0.39, 0.29) is 0 Å². The number of hydrogen-bond donors (Lipinski definition) is 2. The van der Waals surface area contributed by atoms with Crippen LogP contribution in [0.15, 0.2) is 24.3 Å². The number of likely N-dealkylation sites (tertiary alicyclic amines) is 1. The zero-order chi connectivity index (χ0) is 17.9. The summed E-state index contributed by atoms with van der Waals surface area (Å²) in [4.78, 5) is 24.1. The van der Waals surface area contributed by atoms with Crippen molar-refractivity contribution in [3.63, 3.8) is 0 Å². The van der Waals surface area contributed by atoms with Gasteiger partial charge in [-0.15, -0.1) is 0 Å². The molecule has 1 saturated heterocycles. The van der Waals surface area contributed by atoms with Crippen molar-refractivity contribution < 1.29 is 32.6 Å². The first kappa shape index (κ1) is 17.9. The molecule has 24 heavy (non-hydrogen) atoms. The lowest BCUT2D eigenvalue weighted by molar-refractivity contribution is -0.187. The molecule has 0 unspecified atom stereocenters. The summed E-state index contributed by atoms with van der Waals surface area (Å²) in [6.45, 7) is 0.920. The van der Waals surface area contributed by atoms with Crippen molar-refractivity contribution in [2.45, 2.75) is 13.1 Å². The highest BCUT2D eigenvalue weighted by molar-refractivity contribution is 5.91. The van der Waals surface area contributed by atoms with Crippen molar-refractivity contribution in [2.75, 3.05) is 25.0 Å². The van der Waals surface area contributed by atoms with Gasteiger partial charge in [0.1, 0.15) is 5.75 Å². The van der Waals surface area contributed by atoms with E-state index in [9.17, 15) is 22.8 Å². The Morgan fingerprint density at radius 3 is 2.54 bits per heavy atom. The fraction of sp³-hybridized carbons (Fsp3) is 0.467. The molecule has 1 aromatic rings. The summed E-state index contributed by atoms with van der Waals surface area (Å²) in [5.74, 6) is -4.93. The highest BCUT2D eigenvalue weighted by Crippen LogP contribution is 2.38. The number of carbonyl (C=O) groups excluding carboxylic acids is 1. The topological polar surface area (TPSA) is 78.9 Å². The molecule has 1 fully saturated rings. The van der Waals surface area contributed by atoms with E-state index in [4.69, 9.17) is 9.84 Å². The molecule has 1 aliphatic heterocycles. The van der Waals surface area contributed by atoms with E-state index in [0.717, 1.165) is 4.90 Å². The molecular weight excluding hydrogens is 329 g/mol. The van der Waals surface area contributed by atoms with Gasteiger partial charge in [0.05, 0.1) is 24.1 Å². The Morgan fingerprint density at radius 1 is 1.33 bits per heavy atom. The first-order valence-corrected chi connectivity index (χ1v) is 7.31. The van der Waals surface area contributed by atoms with E-state index in [0.29, 0.717) is 18.0 Å².